The maximum atomic E-state index is 8.99. The Bertz CT molecular complexity index is 1680. The molecule has 1 nitrogen and oxygen atoms in total. The molecule has 0 radical (unpaired) electrons. The third-order valence-corrected chi connectivity index (χ3v) is 8.60. The summed E-state index contributed by atoms with van der Waals surface area (Å²) in [6, 6.07) is 12.0. The molecule has 0 N–H and O–H groups in total. The van der Waals surface area contributed by atoms with Gasteiger partial charge in [-0.05, 0) is 86.9 Å². The van der Waals surface area contributed by atoms with E-state index in [1.165, 1.54) is 48.4 Å². The molecule has 0 unspecified atom stereocenters. The van der Waals surface area contributed by atoms with Gasteiger partial charge in [-0.1, -0.05) is 98.3 Å². The Morgan fingerprint density at radius 2 is 1.42 bits per heavy atom. The van der Waals surface area contributed by atoms with Gasteiger partial charge < -0.3 is 0 Å². The van der Waals surface area contributed by atoms with E-state index in [0.29, 0.717) is 6.04 Å². The maximum absolute atomic E-state index is 8.99. The summed E-state index contributed by atoms with van der Waals surface area (Å²) in [5.41, 5.74) is 8.14. The van der Waals surface area contributed by atoms with Crippen LogP contribution in [0.2, 0.25) is 0 Å². The van der Waals surface area contributed by atoms with E-state index in [9.17, 15) is 0 Å². The van der Waals surface area contributed by atoms with Gasteiger partial charge >= 0.3 is 0 Å². The lowest BCUT2D eigenvalue weighted by Crippen LogP contribution is -2.32. The van der Waals surface area contributed by atoms with Gasteiger partial charge in [0.05, 0.1) is 12.3 Å². The predicted octanol–water partition coefficient (Wildman–Crippen LogP) is 10.0. The van der Waals surface area contributed by atoms with Gasteiger partial charge in [0.25, 0.3) is 0 Å². The molecule has 1 aliphatic heterocycles. The van der Waals surface area contributed by atoms with Crippen molar-refractivity contribution in [3.8, 4) is 11.3 Å². The number of nitrogens with zero attached hydrogens (tertiary/aromatic N) is 1. The Labute approximate surface area is 237 Å². The topological polar surface area (TPSA) is 3.88 Å². The van der Waals surface area contributed by atoms with Crippen LogP contribution in [0.15, 0.2) is 52.3 Å². The summed E-state index contributed by atoms with van der Waals surface area (Å²) in [5, 5.41) is 4.72. The number of fused-ring (bicyclic) bond motifs is 3. The van der Waals surface area contributed by atoms with Crippen molar-refractivity contribution in [2.75, 3.05) is 0 Å². The molecule has 0 aliphatic carbocycles. The number of hydrogen-bond acceptors (Lipinski definition) is 1. The highest BCUT2D eigenvalue weighted by Gasteiger charge is 2.33. The van der Waals surface area contributed by atoms with Crippen molar-refractivity contribution in [3.63, 3.8) is 0 Å². The zero-order chi connectivity index (χ0) is 29.5. The molecular weight excluding hydrogens is 478 g/mol. The lowest BCUT2D eigenvalue weighted by molar-refractivity contribution is -0.659. The van der Waals surface area contributed by atoms with Crippen molar-refractivity contribution >= 4 is 33.3 Å². The summed E-state index contributed by atoms with van der Waals surface area (Å²) in [7, 11) is 1.98. The molecule has 1 aliphatic rings. The second-order valence-corrected chi connectivity index (χ2v) is 16.2. The van der Waals surface area contributed by atoms with E-state index in [4.69, 9.17) is 2.74 Å². The molecule has 0 bridgehead atoms. The molecule has 1 aromatic heterocycles. The smallest absolute Gasteiger partial charge is 0.200 e. The van der Waals surface area contributed by atoms with E-state index >= 15 is 0 Å². The first kappa shape index (κ1) is 24.7. The van der Waals surface area contributed by atoms with E-state index in [1.54, 1.807) is 0 Å². The van der Waals surface area contributed by atoms with Crippen molar-refractivity contribution in [2.45, 2.75) is 98.3 Å². The van der Waals surface area contributed by atoms with E-state index in [-0.39, 0.29) is 22.4 Å². The zero-order valence-electron chi connectivity index (χ0n) is 27.4. The van der Waals surface area contributed by atoms with Gasteiger partial charge in [0, 0.05) is 15.8 Å². The van der Waals surface area contributed by atoms with Crippen LogP contribution in [0.5, 0.6) is 0 Å². The fourth-order valence-corrected chi connectivity index (χ4v) is 7.55. The Balaban J connectivity index is 1.92. The van der Waals surface area contributed by atoms with Crippen LogP contribution in [0.4, 0.5) is 0 Å². The van der Waals surface area contributed by atoms with Gasteiger partial charge in [-0.25, -0.2) is 4.57 Å². The molecule has 0 saturated heterocycles. The molecule has 4 aromatic rings. The van der Waals surface area contributed by atoms with Crippen molar-refractivity contribution in [1.82, 2.24) is 0 Å². The molecule has 38 heavy (non-hydrogen) atoms. The van der Waals surface area contributed by atoms with Gasteiger partial charge in [0.2, 0.25) is 5.69 Å². The third-order valence-electron chi connectivity index (χ3n) is 7.41. The van der Waals surface area contributed by atoms with Crippen molar-refractivity contribution < 1.29 is 7.31 Å². The highest BCUT2D eigenvalue weighted by molar-refractivity contribution is 7.99. The van der Waals surface area contributed by atoms with Gasteiger partial charge in [-0.2, -0.15) is 0 Å². The Morgan fingerprint density at radius 3 is 2.05 bits per heavy atom. The van der Waals surface area contributed by atoms with E-state index in [0.717, 1.165) is 35.7 Å². The number of pyridine rings is 1. The maximum Gasteiger partial charge on any atom is 0.222 e. The minimum Gasteiger partial charge on any atom is -0.200 e. The van der Waals surface area contributed by atoms with Crippen LogP contribution < -0.4 is 4.57 Å². The molecule has 5 rings (SSSR count). The molecule has 200 valence electrons. The molecular formula is C36H46NS+. The highest BCUT2D eigenvalue weighted by Crippen LogP contribution is 2.53. The van der Waals surface area contributed by atoms with Crippen LogP contribution in [0.3, 0.4) is 0 Å². The third kappa shape index (κ3) is 5.26. The summed E-state index contributed by atoms with van der Waals surface area (Å²) < 4.78 is 19.9. The van der Waals surface area contributed by atoms with Crippen LogP contribution in [0.25, 0.3) is 32.8 Å². The SMILES string of the molecule is [2H]c1c([2H])[n+](C)c2c3c(cc(CC(C)(C)C)cc13)Sc1c-2c(C)c2cc(CC(C)(C)C)ccc2c1CC(C)(C)C. The first-order valence-electron chi connectivity index (χ1n) is 15.1. The van der Waals surface area contributed by atoms with E-state index in [1.807, 2.05) is 23.4 Å². The standard InChI is InChI=1S/C36H46NS/c1-22-27-17-23(19-34(2,3)4)12-13-26(27)28(21-36(8,9)10)33-30(22)32-31-25(14-15-37(32)11)16-24(18-29(31)38-33)20-35(5,6)7/h12-18H,19-21H2,1-11H3/q+1/i14D,15D. The summed E-state index contributed by atoms with van der Waals surface area (Å²) in [6.45, 7) is 23.0. The number of rotatable bonds is 3. The van der Waals surface area contributed by atoms with E-state index in [2.05, 4.69) is 99.6 Å². The van der Waals surface area contributed by atoms with Crippen LogP contribution in [0, 0.1) is 23.2 Å². The van der Waals surface area contributed by atoms with Gasteiger partial charge in [-0.15, -0.1) is 0 Å². The molecule has 0 atom stereocenters. The second-order valence-electron chi connectivity index (χ2n) is 15.2. The molecule has 0 spiro atoms. The first-order valence-corrected chi connectivity index (χ1v) is 14.9. The average molecular weight is 527 g/mol. The molecule has 2 heterocycles. The fourth-order valence-electron chi connectivity index (χ4n) is 6.15. The average Bonchev–Trinajstić information content (AvgIpc) is 2.80. The monoisotopic (exact) mass is 526 g/mol. The Hall–Kier alpha value is -2.32. The predicted molar refractivity (Wildman–Crippen MR) is 166 cm³/mol. The quantitative estimate of drug-likeness (QED) is 0.212. The Morgan fingerprint density at radius 1 is 0.789 bits per heavy atom. The van der Waals surface area contributed by atoms with Crippen molar-refractivity contribution in [3.05, 3.63) is 64.8 Å². The number of hydrogen-bond donors (Lipinski definition) is 0. The van der Waals surface area contributed by atoms with Gasteiger partial charge in [0.15, 0.2) is 6.17 Å². The number of benzene rings is 3. The van der Waals surface area contributed by atoms with Crippen LogP contribution in [0.1, 0.15) is 87.3 Å². The number of aryl methyl sites for hydroxylation is 1. The van der Waals surface area contributed by atoms with Crippen LogP contribution in [-0.4, -0.2) is 0 Å². The van der Waals surface area contributed by atoms with Gasteiger partial charge in [0.1, 0.15) is 8.42 Å². The first-order chi connectivity index (χ1) is 18.3. The second kappa shape index (κ2) is 9.12. The lowest BCUT2D eigenvalue weighted by atomic mass is 9.81. The summed E-state index contributed by atoms with van der Waals surface area (Å²) in [5.74, 6) is 0. The molecule has 2 heteroatoms. The highest BCUT2D eigenvalue weighted by atomic mass is 32.2. The largest absolute Gasteiger partial charge is 0.222 e. The van der Waals surface area contributed by atoms with Crippen molar-refractivity contribution in [1.29, 1.82) is 0 Å². The zero-order valence-corrected chi connectivity index (χ0v) is 26.2. The van der Waals surface area contributed by atoms with Crippen molar-refractivity contribution in [2.24, 2.45) is 23.3 Å². The summed E-state index contributed by atoms with van der Waals surface area (Å²) >= 11 is 1.89. The molecule has 0 saturated carbocycles. The normalized spacial score (nSPS) is 14.6. The minimum atomic E-state index is 0.123. The molecule has 3 aromatic carbocycles. The summed E-state index contributed by atoms with van der Waals surface area (Å²) in [6.07, 6.45) is 3.23. The summed E-state index contributed by atoms with van der Waals surface area (Å²) in [4.78, 5) is 2.56. The van der Waals surface area contributed by atoms with Crippen LogP contribution >= 0.6 is 11.8 Å². The van der Waals surface area contributed by atoms with Crippen LogP contribution in [-0.2, 0) is 26.3 Å². The number of aromatic nitrogens is 1. The Kier molecular flexibility index (Phi) is 5.93. The molecule has 0 fully saturated rings. The molecule has 0 amide bonds. The fraction of sp³-hybridized carbons (Fsp3) is 0.472. The van der Waals surface area contributed by atoms with Gasteiger partial charge in [-0.3, -0.25) is 0 Å². The lowest BCUT2D eigenvalue weighted by Gasteiger charge is -2.29. The van der Waals surface area contributed by atoms with E-state index < -0.39 is 0 Å². The minimum absolute atomic E-state index is 0.123.